The van der Waals surface area contributed by atoms with Crippen molar-refractivity contribution in [3.8, 4) is 22.4 Å². The number of aryl methyl sites for hydroxylation is 1. The third-order valence-electron chi connectivity index (χ3n) is 6.70. The molecule has 1 fully saturated rings. The fraction of sp³-hybridized carbons (Fsp3) is 0.222. The summed E-state index contributed by atoms with van der Waals surface area (Å²) in [5.41, 5.74) is 5.13. The quantitative estimate of drug-likeness (QED) is 0.380. The molecule has 35 heavy (non-hydrogen) atoms. The highest BCUT2D eigenvalue weighted by Crippen LogP contribution is 2.38. The largest absolute Gasteiger partial charge is 0.366 e. The van der Waals surface area contributed by atoms with Gasteiger partial charge in [-0.25, -0.2) is 13.8 Å². The topological polar surface area (TPSA) is 66.3 Å². The van der Waals surface area contributed by atoms with Crippen LogP contribution in [0.1, 0.15) is 18.5 Å². The van der Waals surface area contributed by atoms with E-state index in [1.165, 1.54) is 4.52 Å². The lowest BCUT2D eigenvalue weighted by Crippen LogP contribution is -2.39. The number of benzene rings is 2. The zero-order chi connectivity index (χ0) is 24.2. The molecule has 6 nitrogen and oxygen atoms in total. The van der Waals surface area contributed by atoms with Gasteiger partial charge in [0, 0.05) is 43.1 Å². The Morgan fingerprint density at radius 2 is 1.74 bits per heavy atom. The molecule has 1 aliphatic rings. The van der Waals surface area contributed by atoms with Crippen molar-refractivity contribution >= 4 is 22.2 Å². The van der Waals surface area contributed by atoms with Crippen molar-refractivity contribution in [3.05, 3.63) is 82.9 Å². The average molecular weight is 472 g/mol. The number of aromatic amines is 1. The van der Waals surface area contributed by atoms with E-state index in [1.807, 2.05) is 72.5 Å². The van der Waals surface area contributed by atoms with Gasteiger partial charge < -0.3 is 4.90 Å². The van der Waals surface area contributed by atoms with E-state index in [1.54, 1.807) is 6.20 Å². The van der Waals surface area contributed by atoms with Gasteiger partial charge in [-0.05, 0) is 30.7 Å². The predicted octanol–water partition coefficient (Wildman–Crippen LogP) is 5.45. The molecule has 0 amide bonds. The molecule has 0 spiro atoms. The molecule has 0 radical (unpaired) electrons. The molecule has 0 unspecified atom stereocenters. The van der Waals surface area contributed by atoms with Crippen LogP contribution in [-0.4, -0.2) is 38.6 Å². The maximum absolute atomic E-state index is 13.9. The van der Waals surface area contributed by atoms with Gasteiger partial charge in [0.1, 0.15) is 5.69 Å². The first-order valence-corrected chi connectivity index (χ1v) is 11.6. The van der Waals surface area contributed by atoms with Gasteiger partial charge in [-0.1, -0.05) is 42.5 Å². The summed E-state index contributed by atoms with van der Waals surface area (Å²) in [6, 6.07) is 19.1. The van der Waals surface area contributed by atoms with Gasteiger partial charge in [0.2, 0.25) is 0 Å². The molecule has 2 aromatic carbocycles. The molecule has 0 atom stereocenters. The summed E-state index contributed by atoms with van der Waals surface area (Å²) in [6.45, 7) is 2.19. The highest BCUT2D eigenvalue weighted by Gasteiger charge is 2.36. The minimum absolute atomic E-state index is 0.189. The third-order valence-corrected chi connectivity index (χ3v) is 6.70. The number of piperidine rings is 1. The second kappa shape index (κ2) is 8.01. The fourth-order valence-electron chi connectivity index (χ4n) is 4.89. The van der Waals surface area contributed by atoms with Crippen molar-refractivity contribution in [2.45, 2.75) is 25.7 Å². The molecule has 3 aromatic heterocycles. The lowest BCUT2D eigenvalue weighted by Gasteiger charge is -2.33. The van der Waals surface area contributed by atoms with E-state index in [4.69, 9.17) is 4.98 Å². The first-order chi connectivity index (χ1) is 16.9. The molecule has 0 bridgehead atoms. The Bertz CT molecular complexity index is 1610. The summed E-state index contributed by atoms with van der Waals surface area (Å²) in [4.78, 5) is 24.9. The van der Waals surface area contributed by atoms with Crippen LogP contribution in [0.3, 0.4) is 0 Å². The lowest BCUT2D eigenvalue weighted by atomic mass is 10.0. The van der Waals surface area contributed by atoms with Crippen LogP contribution in [0.2, 0.25) is 0 Å². The molecule has 1 N–H and O–H groups in total. The van der Waals surface area contributed by atoms with Crippen molar-refractivity contribution in [2.24, 2.45) is 0 Å². The smallest absolute Gasteiger partial charge is 0.280 e. The zero-order valence-electron chi connectivity index (χ0n) is 19.1. The number of anilines is 1. The van der Waals surface area contributed by atoms with Crippen molar-refractivity contribution in [1.29, 1.82) is 0 Å². The van der Waals surface area contributed by atoms with Crippen molar-refractivity contribution in [2.75, 3.05) is 18.0 Å². The number of nitrogens with one attached hydrogen (secondary N) is 1. The van der Waals surface area contributed by atoms with E-state index in [0.717, 1.165) is 22.0 Å². The first-order valence-electron chi connectivity index (χ1n) is 11.6. The van der Waals surface area contributed by atoms with Crippen LogP contribution in [0, 0.1) is 6.92 Å². The van der Waals surface area contributed by atoms with Gasteiger partial charge in [0.05, 0.1) is 22.5 Å². The molecule has 0 saturated carbocycles. The van der Waals surface area contributed by atoms with E-state index in [2.05, 4.69) is 10.1 Å². The van der Waals surface area contributed by atoms with Crippen molar-refractivity contribution in [1.82, 2.24) is 19.6 Å². The molecular weight excluding hydrogens is 448 g/mol. The second-order valence-electron chi connectivity index (χ2n) is 8.99. The fourth-order valence-corrected chi connectivity index (χ4v) is 4.89. The number of H-pyrrole nitrogens is 1. The summed E-state index contributed by atoms with van der Waals surface area (Å²) in [5.74, 6) is -2.67. The average Bonchev–Trinajstić information content (AvgIpc) is 3.24. The van der Waals surface area contributed by atoms with E-state index in [0.29, 0.717) is 28.3 Å². The molecule has 1 aliphatic heterocycles. The lowest BCUT2D eigenvalue weighted by molar-refractivity contribution is -0.0220. The maximum Gasteiger partial charge on any atom is 0.280 e. The first kappa shape index (κ1) is 21.5. The van der Waals surface area contributed by atoms with Crippen LogP contribution in [0.4, 0.5) is 14.5 Å². The number of alkyl halides is 2. The number of halogens is 2. The monoisotopic (exact) mass is 471 g/mol. The van der Waals surface area contributed by atoms with Gasteiger partial charge in [-0.15, -0.1) is 0 Å². The van der Waals surface area contributed by atoms with Gasteiger partial charge in [0.25, 0.3) is 11.5 Å². The number of hydrogen-bond acceptors (Lipinski definition) is 4. The maximum atomic E-state index is 13.9. The van der Waals surface area contributed by atoms with Crippen LogP contribution in [0.15, 0.2) is 71.7 Å². The van der Waals surface area contributed by atoms with E-state index in [9.17, 15) is 13.6 Å². The van der Waals surface area contributed by atoms with E-state index in [-0.39, 0.29) is 31.5 Å². The molecular formula is C27H23F2N5O. The van der Waals surface area contributed by atoms with Crippen LogP contribution < -0.4 is 10.5 Å². The Hall–Kier alpha value is -4.07. The summed E-state index contributed by atoms with van der Waals surface area (Å²) >= 11 is 0. The van der Waals surface area contributed by atoms with Crippen molar-refractivity contribution in [3.63, 3.8) is 0 Å². The molecule has 5 aromatic rings. The summed E-state index contributed by atoms with van der Waals surface area (Å²) in [5, 5.41) is 4.17. The highest BCUT2D eigenvalue weighted by molar-refractivity contribution is 5.88. The number of rotatable bonds is 3. The minimum Gasteiger partial charge on any atom is -0.366 e. The molecule has 6 rings (SSSR count). The number of nitrogens with zero attached hydrogens (tertiary/aromatic N) is 4. The number of aromatic nitrogens is 4. The number of hydrogen-bond donors (Lipinski definition) is 1. The van der Waals surface area contributed by atoms with Crippen molar-refractivity contribution < 1.29 is 8.78 Å². The second-order valence-corrected chi connectivity index (χ2v) is 8.99. The molecule has 8 heteroatoms. The number of pyridine rings is 1. The van der Waals surface area contributed by atoms with E-state index < -0.39 is 5.92 Å². The van der Waals surface area contributed by atoms with Crippen LogP contribution in [-0.2, 0) is 0 Å². The molecule has 4 heterocycles. The Kier molecular flexibility index (Phi) is 4.91. The van der Waals surface area contributed by atoms with E-state index >= 15 is 0 Å². The Labute approximate surface area is 199 Å². The summed E-state index contributed by atoms with van der Waals surface area (Å²) < 4.78 is 29.3. The predicted molar refractivity (Wildman–Crippen MR) is 133 cm³/mol. The third kappa shape index (κ3) is 3.65. The van der Waals surface area contributed by atoms with Gasteiger partial charge in [0.15, 0.2) is 5.65 Å². The standard InChI is InChI=1S/C27H23F2N5O/c1-17-22(20-9-10-21-19(16-20)8-5-13-30-21)26(35)34-25(31-17)24(33-14-11-27(28,29)12-15-33)23(32-34)18-6-3-2-4-7-18/h2-10,13,16,32H,11-12,14-15H2,1H3. The Morgan fingerprint density at radius 3 is 2.51 bits per heavy atom. The molecule has 0 aliphatic carbocycles. The normalized spacial score (nSPS) is 15.7. The number of fused-ring (bicyclic) bond motifs is 2. The summed E-state index contributed by atoms with van der Waals surface area (Å²) in [7, 11) is 0. The Morgan fingerprint density at radius 1 is 0.971 bits per heavy atom. The van der Waals surface area contributed by atoms with Gasteiger partial charge in [-0.2, -0.15) is 4.52 Å². The SMILES string of the molecule is Cc1nc2c(N3CCC(F)(F)CC3)c(-c3ccccc3)[nH]n2c(=O)c1-c1ccc2ncccc2c1. The molecule has 1 saturated heterocycles. The van der Waals surface area contributed by atoms with Gasteiger partial charge >= 0.3 is 0 Å². The zero-order valence-corrected chi connectivity index (χ0v) is 19.1. The minimum atomic E-state index is -2.67. The summed E-state index contributed by atoms with van der Waals surface area (Å²) in [6.07, 6.45) is 1.27. The molecule has 176 valence electrons. The van der Waals surface area contributed by atoms with Crippen LogP contribution in [0.5, 0.6) is 0 Å². The van der Waals surface area contributed by atoms with Gasteiger partial charge in [-0.3, -0.25) is 14.9 Å². The highest BCUT2D eigenvalue weighted by atomic mass is 19.3. The van der Waals surface area contributed by atoms with Crippen LogP contribution >= 0.6 is 0 Å². The Balaban J connectivity index is 1.57. The van der Waals surface area contributed by atoms with Crippen LogP contribution in [0.25, 0.3) is 38.9 Å².